The lowest BCUT2D eigenvalue weighted by Crippen LogP contribution is -2.26. The molecule has 0 aliphatic carbocycles. The van der Waals surface area contributed by atoms with Gasteiger partial charge in [-0.3, -0.25) is 0 Å². The van der Waals surface area contributed by atoms with Crippen LogP contribution in [0.5, 0.6) is 5.88 Å². The molecule has 0 unspecified atom stereocenters. The first-order valence-electron chi connectivity index (χ1n) is 9.85. The summed E-state index contributed by atoms with van der Waals surface area (Å²) in [5.41, 5.74) is 0.834. The number of benzene rings is 2. The SMILES string of the molecule is COC(=O)c1ccc(C=C(COc2cc3ccccc3cn2)C(=O)OC(C)(C)C)cc1. The van der Waals surface area contributed by atoms with Gasteiger partial charge in [-0.05, 0) is 49.9 Å². The normalized spacial score (nSPS) is 11.8. The zero-order valence-corrected chi connectivity index (χ0v) is 18.0. The predicted molar refractivity (Wildman–Crippen MR) is 119 cm³/mol. The molecule has 0 aliphatic heterocycles. The highest BCUT2D eigenvalue weighted by Crippen LogP contribution is 2.20. The Hall–Kier alpha value is -3.67. The topological polar surface area (TPSA) is 74.7 Å². The third kappa shape index (κ3) is 6.15. The van der Waals surface area contributed by atoms with Gasteiger partial charge in [-0.25, -0.2) is 14.6 Å². The molecule has 160 valence electrons. The first-order chi connectivity index (χ1) is 14.7. The van der Waals surface area contributed by atoms with Crippen molar-refractivity contribution in [1.29, 1.82) is 0 Å². The van der Waals surface area contributed by atoms with Gasteiger partial charge in [0.25, 0.3) is 0 Å². The molecule has 0 saturated carbocycles. The molecule has 0 spiro atoms. The van der Waals surface area contributed by atoms with Gasteiger partial charge in [-0.1, -0.05) is 36.4 Å². The number of aromatic nitrogens is 1. The van der Waals surface area contributed by atoms with E-state index in [2.05, 4.69) is 4.98 Å². The largest absolute Gasteiger partial charge is 0.472 e. The number of nitrogens with zero attached hydrogens (tertiary/aromatic N) is 1. The maximum atomic E-state index is 12.8. The molecule has 3 rings (SSSR count). The van der Waals surface area contributed by atoms with E-state index in [4.69, 9.17) is 14.2 Å². The Bertz CT molecular complexity index is 1110. The summed E-state index contributed by atoms with van der Waals surface area (Å²) >= 11 is 0. The van der Waals surface area contributed by atoms with Crippen LogP contribution in [-0.2, 0) is 14.3 Å². The van der Waals surface area contributed by atoms with Crippen LogP contribution in [0.15, 0.2) is 66.4 Å². The van der Waals surface area contributed by atoms with Crippen LogP contribution in [0.1, 0.15) is 36.7 Å². The summed E-state index contributed by atoms with van der Waals surface area (Å²) in [6.07, 6.45) is 3.41. The Kier molecular flexibility index (Phi) is 6.70. The van der Waals surface area contributed by atoms with Crippen molar-refractivity contribution in [2.75, 3.05) is 13.7 Å². The molecule has 0 saturated heterocycles. The molecule has 31 heavy (non-hydrogen) atoms. The lowest BCUT2D eigenvalue weighted by molar-refractivity contribution is -0.150. The van der Waals surface area contributed by atoms with Crippen molar-refractivity contribution in [3.63, 3.8) is 0 Å². The number of hydrogen-bond acceptors (Lipinski definition) is 6. The first-order valence-corrected chi connectivity index (χ1v) is 9.85. The lowest BCUT2D eigenvalue weighted by atomic mass is 10.1. The Morgan fingerprint density at radius 2 is 1.68 bits per heavy atom. The maximum absolute atomic E-state index is 12.8. The quantitative estimate of drug-likeness (QED) is 0.421. The molecule has 3 aromatic rings. The van der Waals surface area contributed by atoms with Crippen molar-refractivity contribution in [2.24, 2.45) is 0 Å². The van der Waals surface area contributed by atoms with Crippen LogP contribution in [0.3, 0.4) is 0 Å². The molecule has 1 aromatic heterocycles. The fraction of sp³-hybridized carbons (Fsp3) is 0.240. The number of fused-ring (bicyclic) bond motifs is 1. The second-order valence-electron chi connectivity index (χ2n) is 7.94. The van der Waals surface area contributed by atoms with Gasteiger partial charge in [-0.15, -0.1) is 0 Å². The van der Waals surface area contributed by atoms with Crippen LogP contribution in [0.25, 0.3) is 16.8 Å². The smallest absolute Gasteiger partial charge is 0.338 e. The van der Waals surface area contributed by atoms with E-state index in [-0.39, 0.29) is 6.61 Å². The molecule has 2 aromatic carbocycles. The van der Waals surface area contributed by atoms with E-state index >= 15 is 0 Å². The number of rotatable bonds is 6. The number of carbonyl (C=O) groups excluding carboxylic acids is 2. The Morgan fingerprint density at radius 1 is 1.00 bits per heavy atom. The van der Waals surface area contributed by atoms with Crippen LogP contribution in [0.4, 0.5) is 0 Å². The fourth-order valence-corrected chi connectivity index (χ4v) is 2.83. The monoisotopic (exact) mass is 419 g/mol. The van der Waals surface area contributed by atoms with Crippen molar-refractivity contribution in [1.82, 2.24) is 4.98 Å². The molecule has 0 N–H and O–H groups in total. The predicted octanol–water partition coefficient (Wildman–Crippen LogP) is 4.83. The average molecular weight is 419 g/mol. The van der Waals surface area contributed by atoms with Gasteiger partial charge in [0, 0.05) is 17.6 Å². The fourth-order valence-electron chi connectivity index (χ4n) is 2.83. The average Bonchev–Trinajstić information content (AvgIpc) is 2.75. The number of ether oxygens (including phenoxy) is 3. The minimum Gasteiger partial charge on any atom is -0.472 e. The van der Waals surface area contributed by atoms with Gasteiger partial charge >= 0.3 is 11.9 Å². The summed E-state index contributed by atoms with van der Waals surface area (Å²) in [6, 6.07) is 16.4. The van der Waals surface area contributed by atoms with Gasteiger partial charge < -0.3 is 14.2 Å². The lowest BCUT2D eigenvalue weighted by Gasteiger charge is -2.20. The summed E-state index contributed by atoms with van der Waals surface area (Å²) in [7, 11) is 1.33. The molecule has 0 fully saturated rings. The second kappa shape index (κ2) is 9.43. The molecule has 6 heteroatoms. The number of methoxy groups -OCH3 is 1. The van der Waals surface area contributed by atoms with Crippen molar-refractivity contribution >= 4 is 28.8 Å². The molecular weight excluding hydrogens is 394 g/mol. The van der Waals surface area contributed by atoms with Gasteiger partial charge in [-0.2, -0.15) is 0 Å². The summed E-state index contributed by atoms with van der Waals surface area (Å²) in [5.74, 6) is -0.492. The van der Waals surface area contributed by atoms with E-state index in [1.807, 2.05) is 30.3 Å². The van der Waals surface area contributed by atoms with Crippen molar-refractivity contribution in [3.8, 4) is 5.88 Å². The van der Waals surface area contributed by atoms with Crippen LogP contribution in [-0.4, -0.2) is 36.2 Å². The standard InChI is InChI=1S/C25H25NO5/c1-25(2,3)31-24(28)21(13-17-9-11-18(12-10-17)23(27)29-4)16-30-22-14-19-7-5-6-8-20(19)15-26-22/h5-15H,16H2,1-4H3. The van der Waals surface area contributed by atoms with Crippen LogP contribution < -0.4 is 4.74 Å². The van der Waals surface area contributed by atoms with E-state index in [0.717, 1.165) is 16.3 Å². The van der Waals surface area contributed by atoms with E-state index in [1.165, 1.54) is 7.11 Å². The van der Waals surface area contributed by atoms with Gasteiger partial charge in [0.05, 0.1) is 18.2 Å². The van der Waals surface area contributed by atoms with Crippen LogP contribution >= 0.6 is 0 Å². The number of esters is 2. The minimum atomic E-state index is -0.647. The molecule has 0 amide bonds. The van der Waals surface area contributed by atoms with E-state index in [0.29, 0.717) is 17.0 Å². The number of carbonyl (C=O) groups is 2. The zero-order chi connectivity index (χ0) is 22.4. The van der Waals surface area contributed by atoms with E-state index < -0.39 is 17.5 Å². The molecule has 0 aliphatic rings. The van der Waals surface area contributed by atoms with Crippen LogP contribution in [0, 0.1) is 0 Å². The molecule has 1 heterocycles. The summed E-state index contributed by atoms with van der Waals surface area (Å²) in [6.45, 7) is 5.40. The Balaban J connectivity index is 1.83. The minimum absolute atomic E-state index is 0.0149. The van der Waals surface area contributed by atoms with Gasteiger partial charge in [0.1, 0.15) is 12.2 Å². The van der Waals surface area contributed by atoms with Crippen molar-refractivity contribution < 1.29 is 23.8 Å². The number of hydrogen-bond donors (Lipinski definition) is 0. The van der Waals surface area contributed by atoms with Crippen molar-refractivity contribution in [3.05, 3.63) is 77.5 Å². The molecule has 6 nitrogen and oxygen atoms in total. The molecule has 0 atom stereocenters. The van der Waals surface area contributed by atoms with Gasteiger partial charge in [0.15, 0.2) is 0 Å². The Morgan fingerprint density at radius 3 is 2.32 bits per heavy atom. The molecule has 0 radical (unpaired) electrons. The maximum Gasteiger partial charge on any atom is 0.338 e. The summed E-state index contributed by atoms with van der Waals surface area (Å²) in [5, 5.41) is 2.00. The highest BCUT2D eigenvalue weighted by Gasteiger charge is 2.21. The van der Waals surface area contributed by atoms with E-state index in [9.17, 15) is 9.59 Å². The summed E-state index contributed by atoms with van der Waals surface area (Å²) < 4.78 is 16.1. The molecule has 0 bridgehead atoms. The summed E-state index contributed by atoms with van der Waals surface area (Å²) in [4.78, 5) is 28.7. The molecular formula is C25H25NO5. The third-order valence-corrected chi connectivity index (χ3v) is 4.32. The van der Waals surface area contributed by atoms with Gasteiger partial charge in [0.2, 0.25) is 5.88 Å². The third-order valence-electron chi connectivity index (χ3n) is 4.32. The first kappa shape index (κ1) is 22.0. The zero-order valence-electron chi connectivity index (χ0n) is 18.0. The highest BCUT2D eigenvalue weighted by molar-refractivity contribution is 5.95. The Labute approximate surface area is 181 Å². The number of pyridine rings is 1. The van der Waals surface area contributed by atoms with Crippen molar-refractivity contribution in [2.45, 2.75) is 26.4 Å². The van der Waals surface area contributed by atoms with Crippen LogP contribution in [0.2, 0.25) is 0 Å². The highest BCUT2D eigenvalue weighted by atomic mass is 16.6. The second-order valence-corrected chi connectivity index (χ2v) is 7.94. The van der Waals surface area contributed by atoms with E-state index in [1.54, 1.807) is 57.3 Å².